The van der Waals surface area contributed by atoms with Gasteiger partial charge in [0, 0.05) is 4.47 Å². The first-order valence-corrected chi connectivity index (χ1v) is 4.81. The van der Waals surface area contributed by atoms with E-state index in [0.717, 1.165) is 10.9 Å². The summed E-state index contributed by atoms with van der Waals surface area (Å²) in [6.45, 7) is 0.999. The van der Waals surface area contributed by atoms with Crippen molar-refractivity contribution in [2.75, 3.05) is 13.2 Å². The predicted octanol–water partition coefficient (Wildman–Crippen LogP) is 2.32. The largest absolute Gasteiger partial charge is 0.490 e. The van der Waals surface area contributed by atoms with E-state index < -0.39 is 0 Å². The molecule has 0 radical (unpaired) electrons. The lowest BCUT2D eigenvalue weighted by Crippen LogP contribution is -2.06. The zero-order chi connectivity index (χ0) is 9.68. The molecule has 0 aromatic heterocycles. The van der Waals surface area contributed by atoms with Gasteiger partial charge in [-0.1, -0.05) is 15.9 Å². The molecule has 0 amide bonds. The van der Waals surface area contributed by atoms with E-state index in [2.05, 4.69) is 15.9 Å². The van der Waals surface area contributed by atoms with E-state index in [9.17, 15) is 4.39 Å². The molecular weight excluding hydrogens is 237 g/mol. The lowest BCUT2D eigenvalue weighted by atomic mass is 10.3. The molecule has 2 N–H and O–H groups in total. The van der Waals surface area contributed by atoms with Gasteiger partial charge in [0.15, 0.2) is 11.6 Å². The highest BCUT2D eigenvalue weighted by atomic mass is 79.9. The topological polar surface area (TPSA) is 35.2 Å². The maximum atomic E-state index is 13.0. The summed E-state index contributed by atoms with van der Waals surface area (Å²) in [7, 11) is 0. The Morgan fingerprint density at radius 2 is 2.23 bits per heavy atom. The van der Waals surface area contributed by atoms with E-state index >= 15 is 0 Å². The maximum absolute atomic E-state index is 13.0. The fourth-order valence-electron chi connectivity index (χ4n) is 0.853. The second kappa shape index (κ2) is 5.19. The second-order valence-corrected chi connectivity index (χ2v) is 3.48. The van der Waals surface area contributed by atoms with Crippen LogP contribution in [-0.2, 0) is 0 Å². The minimum atomic E-state index is -0.347. The Hall–Kier alpha value is -0.610. The molecule has 0 fully saturated rings. The Balaban J connectivity index is 2.59. The minimum Gasteiger partial charge on any atom is -0.490 e. The lowest BCUT2D eigenvalue weighted by Gasteiger charge is -2.06. The molecule has 0 aliphatic rings. The third-order valence-corrected chi connectivity index (χ3v) is 1.99. The number of nitrogens with two attached hydrogens (primary N) is 1. The Labute approximate surface area is 85.0 Å². The SMILES string of the molecule is NCCCOc1cc(Br)ccc1F. The molecule has 0 aliphatic heterocycles. The molecule has 1 aromatic rings. The molecule has 2 nitrogen and oxygen atoms in total. The van der Waals surface area contributed by atoms with Crippen molar-refractivity contribution in [3.63, 3.8) is 0 Å². The van der Waals surface area contributed by atoms with Gasteiger partial charge in [0.25, 0.3) is 0 Å². The van der Waals surface area contributed by atoms with E-state index in [4.69, 9.17) is 10.5 Å². The molecule has 0 saturated carbocycles. The maximum Gasteiger partial charge on any atom is 0.165 e. The van der Waals surface area contributed by atoms with Crippen LogP contribution in [0.15, 0.2) is 22.7 Å². The second-order valence-electron chi connectivity index (χ2n) is 2.57. The highest BCUT2D eigenvalue weighted by Gasteiger charge is 2.02. The number of hydrogen-bond donors (Lipinski definition) is 1. The van der Waals surface area contributed by atoms with Gasteiger partial charge in [0.1, 0.15) is 0 Å². The quantitative estimate of drug-likeness (QED) is 0.830. The third-order valence-electron chi connectivity index (χ3n) is 1.50. The van der Waals surface area contributed by atoms with Crippen molar-refractivity contribution in [2.24, 2.45) is 5.73 Å². The van der Waals surface area contributed by atoms with Crippen LogP contribution in [-0.4, -0.2) is 13.2 Å². The van der Waals surface area contributed by atoms with E-state index in [1.165, 1.54) is 6.07 Å². The van der Waals surface area contributed by atoms with Crippen LogP contribution in [0.25, 0.3) is 0 Å². The van der Waals surface area contributed by atoms with Gasteiger partial charge >= 0.3 is 0 Å². The van der Waals surface area contributed by atoms with Gasteiger partial charge in [-0.25, -0.2) is 4.39 Å². The number of benzene rings is 1. The molecule has 72 valence electrons. The molecule has 0 atom stereocenters. The summed E-state index contributed by atoms with van der Waals surface area (Å²) in [5.41, 5.74) is 5.28. The summed E-state index contributed by atoms with van der Waals surface area (Å²) < 4.78 is 19.0. The highest BCUT2D eigenvalue weighted by Crippen LogP contribution is 2.22. The number of halogens is 2. The van der Waals surface area contributed by atoms with E-state index in [1.807, 2.05) is 0 Å². The van der Waals surface area contributed by atoms with Crippen molar-refractivity contribution < 1.29 is 9.13 Å². The molecule has 0 spiro atoms. The fourth-order valence-corrected chi connectivity index (χ4v) is 1.19. The molecule has 0 saturated heterocycles. The van der Waals surface area contributed by atoms with Gasteiger partial charge in [-0.05, 0) is 31.2 Å². The normalized spacial score (nSPS) is 10.1. The molecule has 0 aliphatic carbocycles. The van der Waals surface area contributed by atoms with Crippen LogP contribution >= 0.6 is 15.9 Å². The summed E-state index contributed by atoms with van der Waals surface area (Å²) in [5, 5.41) is 0. The van der Waals surface area contributed by atoms with Crippen LogP contribution < -0.4 is 10.5 Å². The summed E-state index contributed by atoms with van der Waals surface area (Å²) in [4.78, 5) is 0. The molecule has 0 bridgehead atoms. The standard InChI is InChI=1S/C9H11BrFNO/c10-7-2-3-8(11)9(6-7)13-5-1-4-12/h2-3,6H,1,4-5,12H2. The van der Waals surface area contributed by atoms with Crippen molar-refractivity contribution in [3.8, 4) is 5.75 Å². The van der Waals surface area contributed by atoms with Gasteiger partial charge in [-0.2, -0.15) is 0 Å². The van der Waals surface area contributed by atoms with Crippen LogP contribution in [0.2, 0.25) is 0 Å². The zero-order valence-electron chi connectivity index (χ0n) is 7.09. The zero-order valence-corrected chi connectivity index (χ0v) is 8.68. The predicted molar refractivity (Wildman–Crippen MR) is 53.3 cm³/mol. The van der Waals surface area contributed by atoms with E-state index in [-0.39, 0.29) is 11.6 Å². The monoisotopic (exact) mass is 247 g/mol. The van der Waals surface area contributed by atoms with Crippen LogP contribution in [0, 0.1) is 5.82 Å². The van der Waals surface area contributed by atoms with Crippen molar-refractivity contribution >= 4 is 15.9 Å². The average Bonchev–Trinajstić information content (AvgIpc) is 2.11. The van der Waals surface area contributed by atoms with Gasteiger partial charge in [0.2, 0.25) is 0 Å². The van der Waals surface area contributed by atoms with E-state index in [0.29, 0.717) is 13.2 Å². The summed E-state index contributed by atoms with van der Waals surface area (Å²) in [6.07, 6.45) is 0.728. The number of ether oxygens (including phenoxy) is 1. The molecule has 0 heterocycles. The molecular formula is C9H11BrFNO. The first-order chi connectivity index (χ1) is 6.24. The van der Waals surface area contributed by atoms with Crippen molar-refractivity contribution in [2.45, 2.75) is 6.42 Å². The van der Waals surface area contributed by atoms with Gasteiger partial charge in [-0.3, -0.25) is 0 Å². The minimum absolute atomic E-state index is 0.267. The Kier molecular flexibility index (Phi) is 4.18. The molecule has 4 heteroatoms. The van der Waals surface area contributed by atoms with Crippen LogP contribution in [0.3, 0.4) is 0 Å². The van der Waals surface area contributed by atoms with Gasteiger partial charge in [0.05, 0.1) is 6.61 Å². The van der Waals surface area contributed by atoms with Crippen LogP contribution in [0.5, 0.6) is 5.75 Å². The van der Waals surface area contributed by atoms with Gasteiger partial charge in [-0.15, -0.1) is 0 Å². The first kappa shape index (κ1) is 10.5. The Morgan fingerprint density at radius 3 is 2.92 bits per heavy atom. The average molecular weight is 248 g/mol. The first-order valence-electron chi connectivity index (χ1n) is 4.02. The lowest BCUT2D eigenvalue weighted by molar-refractivity contribution is 0.297. The molecule has 0 unspecified atom stereocenters. The fraction of sp³-hybridized carbons (Fsp3) is 0.333. The van der Waals surface area contributed by atoms with Crippen molar-refractivity contribution in [1.82, 2.24) is 0 Å². The third kappa shape index (κ3) is 3.32. The molecule has 1 aromatic carbocycles. The summed E-state index contributed by atoms with van der Waals surface area (Å²) in [6, 6.07) is 4.60. The number of rotatable bonds is 4. The van der Waals surface area contributed by atoms with Crippen molar-refractivity contribution in [3.05, 3.63) is 28.5 Å². The van der Waals surface area contributed by atoms with Crippen LogP contribution in [0.4, 0.5) is 4.39 Å². The van der Waals surface area contributed by atoms with E-state index in [1.54, 1.807) is 12.1 Å². The summed E-state index contributed by atoms with van der Waals surface area (Å²) >= 11 is 3.23. The molecule has 13 heavy (non-hydrogen) atoms. The Morgan fingerprint density at radius 1 is 1.46 bits per heavy atom. The Bertz CT molecular complexity index is 280. The van der Waals surface area contributed by atoms with Crippen molar-refractivity contribution in [1.29, 1.82) is 0 Å². The highest BCUT2D eigenvalue weighted by molar-refractivity contribution is 9.10. The number of hydrogen-bond acceptors (Lipinski definition) is 2. The van der Waals surface area contributed by atoms with Gasteiger partial charge < -0.3 is 10.5 Å². The summed E-state index contributed by atoms with van der Waals surface area (Å²) in [5.74, 6) is -0.0805. The van der Waals surface area contributed by atoms with Crippen LogP contribution in [0.1, 0.15) is 6.42 Å². The smallest absolute Gasteiger partial charge is 0.165 e. The molecule has 1 rings (SSSR count).